The zero-order chi connectivity index (χ0) is 86.9. The van der Waals surface area contributed by atoms with Crippen molar-refractivity contribution in [2.24, 2.45) is 71.0 Å². The summed E-state index contributed by atoms with van der Waals surface area (Å²) in [6.45, 7) is 3.67. The van der Waals surface area contributed by atoms with Crippen LogP contribution in [0.5, 0.6) is 0 Å². The van der Waals surface area contributed by atoms with Crippen molar-refractivity contribution in [3.8, 4) is 0 Å². The van der Waals surface area contributed by atoms with Crippen molar-refractivity contribution in [2.45, 2.75) is 273 Å². The van der Waals surface area contributed by atoms with E-state index in [2.05, 4.69) is 58.0 Å². The first-order valence-electron chi connectivity index (χ1n) is 44.4. The minimum absolute atomic E-state index is 0.0944. The van der Waals surface area contributed by atoms with E-state index >= 15 is 0 Å². The molecule has 0 spiro atoms. The number of carboxylic acid groups (broad SMARTS) is 1. The van der Waals surface area contributed by atoms with Crippen molar-refractivity contribution < 1.29 is 96.9 Å². The highest BCUT2D eigenvalue weighted by Crippen LogP contribution is 2.44. The van der Waals surface area contributed by atoms with Crippen LogP contribution in [0, 0.1) is 71.0 Å². The number of alkyl halides is 4. The van der Waals surface area contributed by atoms with Gasteiger partial charge in [0.15, 0.2) is 0 Å². The summed E-state index contributed by atoms with van der Waals surface area (Å²) in [6.07, 6.45) is 36.4. The van der Waals surface area contributed by atoms with Gasteiger partial charge in [0.25, 0.3) is 0 Å². The number of carbonyl (C=O) groups is 4. The van der Waals surface area contributed by atoms with Crippen LogP contribution in [-0.2, 0) is 84.8 Å². The number of aliphatic carboxylic acids is 1. The van der Waals surface area contributed by atoms with E-state index in [9.17, 15) is 77.6 Å². The van der Waals surface area contributed by atoms with Crippen LogP contribution in [0.2, 0.25) is 0 Å². The van der Waals surface area contributed by atoms with Gasteiger partial charge in [-0.3, -0.25) is 19.2 Å². The van der Waals surface area contributed by atoms with Crippen LogP contribution >= 0.6 is 0 Å². The molecule has 0 aliphatic heterocycles. The number of methoxy groups -OCH3 is 2. The average Bonchev–Trinajstić information content (AvgIpc) is 1.69. The van der Waals surface area contributed by atoms with Crippen LogP contribution in [0.4, 0.5) is 17.6 Å². The molecule has 8 unspecified atom stereocenters. The summed E-state index contributed by atoms with van der Waals surface area (Å²) < 4.78 is 72.4. The monoisotopic (exact) mass is 1680 g/mol. The number of hydrogen-bond acceptors (Lipinski definition) is 15. The maximum atomic E-state index is 14.6. The van der Waals surface area contributed by atoms with Gasteiger partial charge in [0.05, 0.1) is 69.2 Å². The maximum absolute atomic E-state index is 14.6. The number of ether oxygens (including phenoxy) is 3. The number of rotatable bonds is 37. The van der Waals surface area contributed by atoms with E-state index in [1.807, 2.05) is 111 Å². The molecular weight excluding hydrogens is 1550 g/mol. The minimum Gasteiger partial charge on any atom is -0.481 e. The molecule has 0 saturated heterocycles. The first kappa shape index (κ1) is 96.9. The highest BCUT2D eigenvalue weighted by atomic mass is 19.1. The normalized spacial score (nSPS) is 27.7. The predicted octanol–water partition coefficient (Wildman–Crippen LogP) is 16.5. The largest absolute Gasteiger partial charge is 0.481 e. The summed E-state index contributed by atoms with van der Waals surface area (Å²) in [6, 6.07) is 32.9. The van der Waals surface area contributed by atoms with Crippen LogP contribution in [0.25, 0.3) is 0 Å². The van der Waals surface area contributed by atoms with Gasteiger partial charge in [0.1, 0.15) is 24.7 Å². The molecular formula is C101H134F4O16. The zero-order valence-electron chi connectivity index (χ0n) is 71.1. The van der Waals surface area contributed by atoms with Crippen molar-refractivity contribution in [3.05, 3.63) is 239 Å². The Hall–Kier alpha value is -7.92. The summed E-state index contributed by atoms with van der Waals surface area (Å²) in [4.78, 5) is 44.3. The molecule has 0 aromatic heterocycles. The fourth-order valence-corrected chi connectivity index (χ4v) is 19.1. The van der Waals surface area contributed by atoms with E-state index in [-0.39, 0.29) is 103 Å². The first-order valence-corrected chi connectivity index (χ1v) is 44.4. The van der Waals surface area contributed by atoms with Gasteiger partial charge in [-0.15, -0.1) is 0 Å². The van der Waals surface area contributed by atoms with Crippen LogP contribution in [0.15, 0.2) is 194 Å². The third-order valence-electron chi connectivity index (χ3n) is 26.0. The van der Waals surface area contributed by atoms with Crippen LogP contribution in [-0.4, -0.2) is 164 Å². The molecule has 16 nitrogen and oxygen atoms in total. The van der Waals surface area contributed by atoms with Crippen LogP contribution in [0.3, 0.4) is 0 Å². The second kappa shape index (κ2) is 50.1. The molecule has 12 rings (SSSR count). The lowest BCUT2D eigenvalue weighted by atomic mass is 9.89. The molecule has 0 bridgehead atoms. The number of esters is 3. The molecule has 4 aromatic carbocycles. The Balaban J connectivity index is 0.000000183. The third kappa shape index (κ3) is 30.2. The average molecular weight is 1680 g/mol. The van der Waals surface area contributed by atoms with Crippen molar-refractivity contribution in [2.75, 3.05) is 14.2 Å². The number of carboxylic acids is 1. The fraction of sp³-hybridized carbons (Fsp3) is 0.564. The number of benzene rings is 4. The van der Waals surface area contributed by atoms with E-state index in [1.165, 1.54) is 58.7 Å². The van der Waals surface area contributed by atoms with E-state index in [4.69, 9.17) is 9.84 Å². The third-order valence-corrected chi connectivity index (χ3v) is 26.0. The number of unbranched alkanes of at least 4 members (excludes halogenated alkanes) is 4. The highest BCUT2D eigenvalue weighted by Gasteiger charge is 2.45. The van der Waals surface area contributed by atoms with E-state index in [1.54, 1.807) is 48.6 Å². The second-order valence-corrected chi connectivity index (χ2v) is 35.0. The van der Waals surface area contributed by atoms with Crippen molar-refractivity contribution in [1.29, 1.82) is 0 Å². The van der Waals surface area contributed by atoms with Gasteiger partial charge in [-0.25, -0.2) is 17.6 Å². The van der Waals surface area contributed by atoms with E-state index in [0.717, 1.165) is 70.6 Å². The number of hydrogen-bond donors (Lipinski definition) is 9. The summed E-state index contributed by atoms with van der Waals surface area (Å²) in [5.74, 6) is -3.34. The van der Waals surface area contributed by atoms with Gasteiger partial charge >= 0.3 is 23.9 Å². The number of fused-ring (bicyclic) bond motifs is 4. The lowest BCUT2D eigenvalue weighted by Gasteiger charge is -2.20. The molecule has 121 heavy (non-hydrogen) atoms. The molecule has 8 aliphatic rings. The molecule has 8 aliphatic carbocycles. The van der Waals surface area contributed by atoms with Crippen molar-refractivity contribution >= 4 is 23.9 Å². The Morgan fingerprint density at radius 3 is 0.777 bits per heavy atom. The maximum Gasteiger partial charge on any atom is 0.306 e. The topological polar surface area (TPSA) is 278 Å². The standard InChI is InChI=1S/C27H37FO4.2C25H33FO4.C24H31FO4/c1-18(2)32-27(31)12-6-4-3-5-11-23-22(24(28)17-26(23)30)13-14-25(29)21-15-19-9-7-8-10-20(19)16-21;2*1-30-25(29)11-5-3-2-4-10-21-20(22(26)16-24(21)28)12-13-23(27)19-14-17-8-6-7-9-18(17)15-19;25-21-15-23(27)20(9-3-1-2-4-10-24(28)29)19(21)11-12-22(26)18-13-16-7-5-6-8-17(16)14-18/h3,5,7-10,13-14,18,21-26,29-30H,4,6,11-12,15-17H2,1-2H3;2*2,4,6-9,12-13,19-24,27-28H,3,5,10-11,14-16H2,1H3;1,3,5-8,11-12,18-23,26-27H,2,4,9-10,13-15H2,(H,28,29)/b5-3-,14-13+;2*4-2-,13-12+;3-1-,12-11+/t22?,23?,24-,25-,26-;2*20?,21?,22-,23-,24-;19?,20?,21-,22-,23-/m0000/s1. The molecule has 4 fully saturated rings. The van der Waals surface area contributed by atoms with E-state index < -0.39 is 103 Å². The van der Waals surface area contributed by atoms with Crippen LogP contribution in [0.1, 0.15) is 187 Å². The second-order valence-electron chi connectivity index (χ2n) is 35.0. The zero-order valence-corrected chi connectivity index (χ0v) is 71.1. The fourth-order valence-electron chi connectivity index (χ4n) is 19.1. The molecule has 4 saturated carbocycles. The summed E-state index contributed by atoms with van der Waals surface area (Å²) >= 11 is 0. The number of halogens is 4. The van der Waals surface area contributed by atoms with Crippen molar-refractivity contribution in [1.82, 2.24) is 0 Å². The Labute approximate surface area is 714 Å². The number of allylic oxidation sites excluding steroid dienone is 12. The van der Waals surface area contributed by atoms with Gasteiger partial charge in [-0.1, -0.05) is 194 Å². The van der Waals surface area contributed by atoms with Crippen LogP contribution < -0.4 is 0 Å². The highest BCUT2D eigenvalue weighted by molar-refractivity contribution is 5.70. The summed E-state index contributed by atoms with van der Waals surface area (Å²) in [5, 5.41) is 92.4. The molecule has 9 N–H and O–H groups in total. The molecule has 4 aromatic rings. The SMILES string of the molecule is CC(C)OC(=O)CCC/C=C\CC1C(/C=C/[C@H](O)C2Cc3ccccc3C2)[C@@H](F)C[C@@H]1O.COC(=O)CCC/C=C\CC1C(/C=C/[C@H](O)C2Cc3ccccc3C2)[C@@H](F)C[C@@H]1O.COC(=O)CCC/C=C\CC1C(/C=C/[C@H](O)C2Cc3ccccc3C2)[C@@H](F)C[C@@H]1O.O=C(O)CCC/C=C\CC1C(/C=C/[C@H](O)C2Cc3ccccc3C2)[C@@H](F)C[C@@H]1O. The Morgan fingerprint density at radius 1 is 0.355 bits per heavy atom. The molecule has 662 valence electrons. The summed E-state index contributed by atoms with van der Waals surface area (Å²) in [7, 11) is 2.76. The molecule has 0 radical (unpaired) electrons. The Morgan fingerprint density at radius 2 is 0.570 bits per heavy atom. The van der Waals surface area contributed by atoms with Gasteiger partial charge < -0.3 is 60.2 Å². The molecule has 0 amide bonds. The van der Waals surface area contributed by atoms with Gasteiger partial charge in [0.2, 0.25) is 0 Å². The van der Waals surface area contributed by atoms with Gasteiger partial charge in [-0.05, 0) is 234 Å². The lowest BCUT2D eigenvalue weighted by molar-refractivity contribution is -0.147. The molecule has 20 heteroatoms. The number of carbonyl (C=O) groups excluding carboxylic acids is 3. The smallest absolute Gasteiger partial charge is 0.306 e. The van der Waals surface area contributed by atoms with Gasteiger partial charge in [0, 0.05) is 75.0 Å². The van der Waals surface area contributed by atoms with E-state index in [0.29, 0.717) is 77.0 Å². The number of aliphatic hydroxyl groups is 8. The predicted molar refractivity (Wildman–Crippen MR) is 463 cm³/mol. The molecule has 20 atom stereocenters. The first-order chi connectivity index (χ1) is 58.3. The minimum atomic E-state index is -1.11. The summed E-state index contributed by atoms with van der Waals surface area (Å²) in [5.41, 5.74) is 10.2. The van der Waals surface area contributed by atoms with Crippen molar-refractivity contribution in [3.63, 3.8) is 0 Å². The lowest BCUT2D eigenvalue weighted by Crippen LogP contribution is -2.21. The molecule has 0 heterocycles. The Bertz CT molecular complexity index is 3870. The number of aliphatic hydroxyl groups excluding tert-OH is 8. The van der Waals surface area contributed by atoms with Gasteiger partial charge in [-0.2, -0.15) is 0 Å². The quantitative estimate of drug-likeness (QED) is 0.00667. The Kier molecular flexibility index (Phi) is 40.1.